The van der Waals surface area contributed by atoms with Gasteiger partial charge in [-0.05, 0) is 25.7 Å². The first-order valence-corrected chi connectivity index (χ1v) is 11.5. The molecule has 166 valence electrons. The van der Waals surface area contributed by atoms with Crippen LogP contribution in [-0.2, 0) is 28.7 Å². The topological polar surface area (TPSA) is 93.2 Å². The van der Waals surface area contributed by atoms with Crippen LogP contribution >= 0.6 is 0 Å². The van der Waals surface area contributed by atoms with Gasteiger partial charge >= 0.3 is 0 Å². The number of imide groups is 2. The van der Waals surface area contributed by atoms with Crippen LogP contribution in [0.5, 0.6) is 0 Å². The minimum atomic E-state index is -0.116. The second kappa shape index (κ2) is 9.56. The highest BCUT2D eigenvalue weighted by molar-refractivity contribution is 6.05. The Hall–Kier alpha value is -1.80. The van der Waals surface area contributed by atoms with Crippen molar-refractivity contribution in [2.45, 2.75) is 51.4 Å². The second-order valence-electron chi connectivity index (χ2n) is 8.88. The maximum atomic E-state index is 12.4. The predicted molar refractivity (Wildman–Crippen MR) is 106 cm³/mol. The zero-order chi connectivity index (χ0) is 21.1. The number of nitrogens with zero attached hydrogens (tertiary/aromatic N) is 2. The average Bonchev–Trinajstić information content (AvgIpc) is 3.16. The predicted octanol–water partition coefficient (Wildman–Crippen LogP) is 1.37. The van der Waals surface area contributed by atoms with Gasteiger partial charge in [-0.15, -0.1) is 0 Å². The van der Waals surface area contributed by atoms with Gasteiger partial charge in [-0.2, -0.15) is 0 Å². The van der Waals surface area contributed by atoms with E-state index in [9.17, 15) is 19.2 Å². The lowest BCUT2D eigenvalue weighted by Crippen LogP contribution is -2.35. The summed E-state index contributed by atoms with van der Waals surface area (Å²) < 4.78 is 11.0. The number of amides is 4. The Labute approximate surface area is 177 Å². The molecule has 8 heteroatoms. The molecule has 4 atom stereocenters. The Morgan fingerprint density at radius 3 is 1.13 bits per heavy atom. The van der Waals surface area contributed by atoms with Crippen LogP contribution in [0.4, 0.5) is 0 Å². The Morgan fingerprint density at radius 2 is 0.833 bits per heavy atom. The van der Waals surface area contributed by atoms with E-state index in [0.29, 0.717) is 39.5 Å². The first kappa shape index (κ1) is 21.4. The third-order valence-corrected chi connectivity index (χ3v) is 7.16. The maximum Gasteiger partial charge on any atom is 0.233 e. The molecule has 4 amide bonds. The van der Waals surface area contributed by atoms with Crippen molar-refractivity contribution in [2.75, 3.05) is 39.5 Å². The summed E-state index contributed by atoms with van der Waals surface area (Å²) in [5, 5.41) is 0. The zero-order valence-corrected chi connectivity index (χ0v) is 17.6. The molecule has 4 rings (SSSR count). The van der Waals surface area contributed by atoms with Gasteiger partial charge < -0.3 is 9.47 Å². The van der Waals surface area contributed by atoms with Gasteiger partial charge in [0.15, 0.2) is 0 Å². The van der Waals surface area contributed by atoms with Crippen LogP contribution in [0.1, 0.15) is 51.4 Å². The third kappa shape index (κ3) is 4.17. The van der Waals surface area contributed by atoms with Crippen LogP contribution in [0.2, 0.25) is 0 Å². The Bertz CT molecular complexity index is 589. The minimum absolute atomic E-state index is 0.0370. The van der Waals surface area contributed by atoms with Crippen molar-refractivity contribution in [3.8, 4) is 0 Å². The van der Waals surface area contributed by atoms with Crippen molar-refractivity contribution < 1.29 is 28.7 Å². The molecule has 2 aliphatic carbocycles. The molecule has 2 aliphatic heterocycles. The van der Waals surface area contributed by atoms with Gasteiger partial charge in [0.1, 0.15) is 0 Å². The Kier molecular flexibility index (Phi) is 6.83. The molecule has 4 aliphatic rings. The van der Waals surface area contributed by atoms with Gasteiger partial charge in [0.2, 0.25) is 23.6 Å². The van der Waals surface area contributed by atoms with Crippen LogP contribution in [0.25, 0.3) is 0 Å². The number of hydrogen-bond donors (Lipinski definition) is 0. The van der Waals surface area contributed by atoms with E-state index < -0.39 is 0 Å². The normalized spacial score (nSPS) is 31.5. The van der Waals surface area contributed by atoms with Crippen LogP contribution in [0, 0.1) is 23.7 Å². The lowest BCUT2D eigenvalue weighted by Gasteiger charge is -2.19. The SMILES string of the molecule is O=C1C2CCCCC2C(=O)N1CCOCCOCCN1C(=O)C2CCCCC2C1=O. The summed E-state index contributed by atoms with van der Waals surface area (Å²) in [7, 11) is 0. The molecule has 2 saturated carbocycles. The van der Waals surface area contributed by atoms with E-state index in [1.54, 1.807) is 0 Å². The third-order valence-electron chi connectivity index (χ3n) is 7.16. The molecule has 2 saturated heterocycles. The minimum Gasteiger partial charge on any atom is -0.377 e. The fourth-order valence-corrected chi connectivity index (χ4v) is 5.54. The summed E-state index contributed by atoms with van der Waals surface area (Å²) in [6.07, 6.45) is 7.40. The van der Waals surface area contributed by atoms with E-state index in [1.807, 2.05) is 0 Å². The van der Waals surface area contributed by atoms with Crippen LogP contribution < -0.4 is 0 Å². The first-order chi connectivity index (χ1) is 14.6. The molecule has 0 radical (unpaired) electrons. The van der Waals surface area contributed by atoms with E-state index in [2.05, 4.69) is 0 Å². The molecule has 0 aromatic heterocycles. The number of carbonyl (C=O) groups excluding carboxylic acids is 4. The van der Waals surface area contributed by atoms with Gasteiger partial charge in [-0.1, -0.05) is 25.7 Å². The van der Waals surface area contributed by atoms with Crippen molar-refractivity contribution in [3.63, 3.8) is 0 Å². The van der Waals surface area contributed by atoms with E-state index in [4.69, 9.17) is 9.47 Å². The highest BCUT2D eigenvalue weighted by atomic mass is 16.5. The second-order valence-corrected chi connectivity index (χ2v) is 8.88. The number of likely N-dealkylation sites (tertiary alicyclic amines) is 2. The molecule has 0 aromatic rings. The highest BCUT2D eigenvalue weighted by Crippen LogP contribution is 2.38. The zero-order valence-electron chi connectivity index (χ0n) is 17.6. The lowest BCUT2D eigenvalue weighted by molar-refractivity contribution is -0.142. The fourth-order valence-electron chi connectivity index (χ4n) is 5.54. The van der Waals surface area contributed by atoms with Crippen molar-refractivity contribution in [1.29, 1.82) is 0 Å². The molecule has 4 unspecified atom stereocenters. The van der Waals surface area contributed by atoms with Crippen molar-refractivity contribution >= 4 is 23.6 Å². The van der Waals surface area contributed by atoms with Gasteiger partial charge in [0.25, 0.3) is 0 Å². The molecule has 4 fully saturated rings. The monoisotopic (exact) mass is 420 g/mol. The van der Waals surface area contributed by atoms with Crippen LogP contribution in [-0.4, -0.2) is 72.9 Å². The standard InChI is InChI=1S/C22H32N2O6/c25-19-15-5-1-2-6-16(15)20(26)23(19)9-11-29-13-14-30-12-10-24-21(27)17-7-3-4-8-18(17)22(24)28/h15-18H,1-14H2. The number of ether oxygens (including phenoxy) is 2. The summed E-state index contributed by atoms with van der Waals surface area (Å²) in [5.41, 5.74) is 0. The summed E-state index contributed by atoms with van der Waals surface area (Å²) >= 11 is 0. The van der Waals surface area contributed by atoms with Gasteiger partial charge in [0.05, 0.1) is 63.2 Å². The van der Waals surface area contributed by atoms with Gasteiger partial charge in [-0.3, -0.25) is 29.0 Å². The van der Waals surface area contributed by atoms with E-state index in [1.165, 1.54) is 9.80 Å². The van der Waals surface area contributed by atoms with E-state index in [0.717, 1.165) is 51.4 Å². The Morgan fingerprint density at radius 1 is 0.533 bits per heavy atom. The number of fused-ring (bicyclic) bond motifs is 2. The smallest absolute Gasteiger partial charge is 0.233 e. The van der Waals surface area contributed by atoms with Crippen LogP contribution in [0.3, 0.4) is 0 Å². The van der Waals surface area contributed by atoms with Crippen molar-refractivity contribution in [2.24, 2.45) is 23.7 Å². The molecular formula is C22H32N2O6. The largest absolute Gasteiger partial charge is 0.377 e. The Balaban J connectivity index is 1.09. The van der Waals surface area contributed by atoms with E-state index >= 15 is 0 Å². The molecule has 30 heavy (non-hydrogen) atoms. The van der Waals surface area contributed by atoms with Crippen molar-refractivity contribution in [1.82, 2.24) is 9.80 Å². The van der Waals surface area contributed by atoms with E-state index in [-0.39, 0.29) is 47.3 Å². The molecule has 2 heterocycles. The molecule has 0 bridgehead atoms. The molecule has 0 aromatic carbocycles. The number of carbonyl (C=O) groups is 4. The number of rotatable bonds is 9. The van der Waals surface area contributed by atoms with Gasteiger partial charge in [0, 0.05) is 0 Å². The summed E-state index contributed by atoms with van der Waals surface area (Å²) in [6, 6.07) is 0. The lowest BCUT2D eigenvalue weighted by atomic mass is 9.81. The number of hydrogen-bond acceptors (Lipinski definition) is 6. The molecule has 8 nitrogen and oxygen atoms in total. The average molecular weight is 421 g/mol. The molecule has 0 spiro atoms. The quantitative estimate of drug-likeness (QED) is 0.413. The highest BCUT2D eigenvalue weighted by Gasteiger charge is 2.48. The fraction of sp³-hybridized carbons (Fsp3) is 0.818. The maximum absolute atomic E-state index is 12.4. The first-order valence-electron chi connectivity index (χ1n) is 11.5. The van der Waals surface area contributed by atoms with Crippen molar-refractivity contribution in [3.05, 3.63) is 0 Å². The summed E-state index contributed by atoms with van der Waals surface area (Å²) in [6.45, 7) is 1.88. The molecule has 0 N–H and O–H groups in total. The van der Waals surface area contributed by atoms with Gasteiger partial charge in [-0.25, -0.2) is 0 Å². The molecular weight excluding hydrogens is 388 g/mol. The summed E-state index contributed by atoms with van der Waals surface area (Å²) in [5.74, 6) is -0.613. The summed E-state index contributed by atoms with van der Waals surface area (Å²) in [4.78, 5) is 52.3. The van der Waals surface area contributed by atoms with Crippen LogP contribution in [0.15, 0.2) is 0 Å².